The van der Waals surface area contributed by atoms with Gasteiger partial charge in [-0.25, -0.2) is 0 Å². The molecule has 0 spiro atoms. The maximum atomic E-state index is 13.6. The molecule has 0 saturated carbocycles. The average Bonchev–Trinajstić information content (AvgIpc) is 3.47. The predicted molar refractivity (Wildman–Crippen MR) is 145 cm³/mol. The van der Waals surface area contributed by atoms with Crippen LogP contribution in [0.1, 0.15) is 65.0 Å². The standard InChI is InChI=1S/C31H33N3O3/c1-4-5-9-18-34-30(27-28(32-33-29(27)31(34)35)23-14-12-21(2)13-15-23)24-16-17-25(26(19-24)36-3)37-20-22-10-7-6-8-11-22/h6-8,10-17,19,30H,4-5,9,18,20H2,1-3H3,(H,32,33). The number of nitrogens with one attached hydrogen (secondary N) is 1. The molecule has 3 aromatic carbocycles. The van der Waals surface area contributed by atoms with Crippen molar-refractivity contribution in [2.24, 2.45) is 0 Å². The molecule has 190 valence electrons. The fourth-order valence-electron chi connectivity index (χ4n) is 4.95. The first-order valence-corrected chi connectivity index (χ1v) is 12.9. The van der Waals surface area contributed by atoms with E-state index in [1.165, 1.54) is 5.56 Å². The van der Waals surface area contributed by atoms with Gasteiger partial charge >= 0.3 is 0 Å². The SMILES string of the molecule is CCCCCN1C(=O)c2[nH]nc(-c3ccc(C)cc3)c2C1c1ccc(OCc2ccccc2)c(OC)c1. The van der Waals surface area contributed by atoms with E-state index in [-0.39, 0.29) is 11.9 Å². The maximum absolute atomic E-state index is 13.6. The number of fused-ring (bicyclic) bond motifs is 1. The Labute approximate surface area is 218 Å². The zero-order valence-corrected chi connectivity index (χ0v) is 21.7. The molecule has 4 aromatic rings. The number of H-pyrrole nitrogens is 1. The number of aromatic nitrogens is 2. The molecule has 1 aromatic heterocycles. The first-order chi connectivity index (χ1) is 18.1. The number of unbranched alkanes of at least 4 members (excludes halogenated alkanes) is 2. The van der Waals surface area contributed by atoms with Gasteiger partial charge in [-0.2, -0.15) is 5.10 Å². The molecule has 1 unspecified atom stereocenters. The van der Waals surface area contributed by atoms with E-state index in [2.05, 4.69) is 48.3 Å². The Bertz CT molecular complexity index is 1360. The molecule has 0 bridgehead atoms. The fourth-order valence-corrected chi connectivity index (χ4v) is 4.95. The summed E-state index contributed by atoms with van der Waals surface area (Å²) >= 11 is 0. The second kappa shape index (κ2) is 10.9. The second-order valence-electron chi connectivity index (χ2n) is 9.52. The summed E-state index contributed by atoms with van der Waals surface area (Å²) in [6.07, 6.45) is 3.12. The van der Waals surface area contributed by atoms with Gasteiger partial charge in [0.1, 0.15) is 12.3 Å². The number of rotatable bonds is 10. The van der Waals surface area contributed by atoms with Gasteiger partial charge in [-0.1, -0.05) is 86.0 Å². The number of ether oxygens (including phenoxy) is 2. The smallest absolute Gasteiger partial charge is 0.273 e. The van der Waals surface area contributed by atoms with Gasteiger partial charge in [0.15, 0.2) is 11.5 Å². The highest BCUT2D eigenvalue weighted by Gasteiger charge is 2.42. The van der Waals surface area contributed by atoms with Crippen LogP contribution in [-0.2, 0) is 6.61 Å². The fraction of sp³-hybridized carbons (Fsp3) is 0.290. The summed E-state index contributed by atoms with van der Waals surface area (Å²) in [4.78, 5) is 15.5. The monoisotopic (exact) mass is 495 g/mol. The van der Waals surface area contributed by atoms with Crippen LogP contribution in [0.3, 0.4) is 0 Å². The molecule has 1 atom stereocenters. The third-order valence-electron chi connectivity index (χ3n) is 6.93. The lowest BCUT2D eigenvalue weighted by molar-refractivity contribution is 0.0740. The van der Waals surface area contributed by atoms with Crippen LogP contribution in [0.2, 0.25) is 0 Å². The van der Waals surface area contributed by atoms with Gasteiger partial charge in [-0.15, -0.1) is 0 Å². The summed E-state index contributed by atoms with van der Waals surface area (Å²) in [5.74, 6) is 1.30. The number of benzene rings is 3. The summed E-state index contributed by atoms with van der Waals surface area (Å²) in [5.41, 5.74) is 6.54. The number of nitrogens with zero attached hydrogens (tertiary/aromatic N) is 2. The number of amides is 1. The lowest BCUT2D eigenvalue weighted by Crippen LogP contribution is -2.30. The van der Waals surface area contributed by atoms with Crippen molar-refractivity contribution in [3.05, 3.63) is 101 Å². The first-order valence-electron chi connectivity index (χ1n) is 12.9. The highest BCUT2D eigenvalue weighted by Crippen LogP contribution is 2.44. The molecule has 6 nitrogen and oxygen atoms in total. The minimum Gasteiger partial charge on any atom is -0.493 e. The molecule has 1 aliphatic heterocycles. The second-order valence-corrected chi connectivity index (χ2v) is 9.52. The summed E-state index contributed by atoms with van der Waals surface area (Å²) in [7, 11) is 1.65. The van der Waals surface area contributed by atoms with Crippen molar-refractivity contribution < 1.29 is 14.3 Å². The van der Waals surface area contributed by atoms with Crippen molar-refractivity contribution in [3.63, 3.8) is 0 Å². The number of carbonyl (C=O) groups is 1. The van der Waals surface area contributed by atoms with E-state index in [4.69, 9.17) is 9.47 Å². The molecule has 0 fully saturated rings. The third kappa shape index (κ3) is 4.96. The maximum Gasteiger partial charge on any atom is 0.273 e. The van der Waals surface area contributed by atoms with E-state index >= 15 is 0 Å². The summed E-state index contributed by atoms with van der Waals surface area (Å²) in [5, 5.41) is 7.64. The van der Waals surface area contributed by atoms with Gasteiger partial charge in [0.25, 0.3) is 5.91 Å². The van der Waals surface area contributed by atoms with Gasteiger partial charge in [0.05, 0.1) is 18.8 Å². The van der Waals surface area contributed by atoms with Crippen molar-refractivity contribution >= 4 is 5.91 Å². The van der Waals surface area contributed by atoms with Gasteiger partial charge in [0.2, 0.25) is 0 Å². The van der Waals surface area contributed by atoms with E-state index in [1.54, 1.807) is 7.11 Å². The molecule has 37 heavy (non-hydrogen) atoms. The Morgan fingerprint density at radius 3 is 2.49 bits per heavy atom. The van der Waals surface area contributed by atoms with E-state index in [0.29, 0.717) is 30.3 Å². The van der Waals surface area contributed by atoms with E-state index < -0.39 is 0 Å². The molecule has 1 amide bonds. The Balaban J connectivity index is 1.52. The first kappa shape index (κ1) is 24.6. The highest BCUT2D eigenvalue weighted by molar-refractivity contribution is 6.00. The van der Waals surface area contributed by atoms with Crippen LogP contribution in [0.15, 0.2) is 72.8 Å². The number of hydrogen-bond donors (Lipinski definition) is 1. The Morgan fingerprint density at radius 1 is 0.973 bits per heavy atom. The Hall–Kier alpha value is -4.06. The molecular weight excluding hydrogens is 462 g/mol. The van der Waals surface area contributed by atoms with Crippen molar-refractivity contribution in [1.29, 1.82) is 0 Å². The van der Waals surface area contributed by atoms with Crippen molar-refractivity contribution in [1.82, 2.24) is 15.1 Å². The minimum atomic E-state index is -0.258. The third-order valence-corrected chi connectivity index (χ3v) is 6.93. The lowest BCUT2D eigenvalue weighted by Gasteiger charge is -2.27. The lowest BCUT2D eigenvalue weighted by atomic mass is 9.95. The number of aromatic amines is 1. The van der Waals surface area contributed by atoms with Gasteiger partial charge in [-0.05, 0) is 36.6 Å². The van der Waals surface area contributed by atoms with Crippen LogP contribution >= 0.6 is 0 Å². The normalized spacial score (nSPS) is 14.6. The van der Waals surface area contributed by atoms with E-state index in [0.717, 1.165) is 47.2 Å². The largest absolute Gasteiger partial charge is 0.493 e. The average molecular weight is 496 g/mol. The number of carbonyl (C=O) groups excluding carboxylic acids is 1. The molecule has 0 radical (unpaired) electrons. The molecule has 6 heteroatoms. The van der Waals surface area contributed by atoms with E-state index in [1.807, 2.05) is 53.4 Å². The number of methoxy groups -OCH3 is 1. The van der Waals surface area contributed by atoms with Gasteiger partial charge in [0, 0.05) is 17.7 Å². The van der Waals surface area contributed by atoms with Crippen LogP contribution in [0.5, 0.6) is 11.5 Å². The van der Waals surface area contributed by atoms with Gasteiger partial charge in [-0.3, -0.25) is 9.89 Å². The van der Waals surface area contributed by atoms with Gasteiger partial charge < -0.3 is 14.4 Å². The van der Waals surface area contributed by atoms with Crippen LogP contribution < -0.4 is 9.47 Å². The van der Waals surface area contributed by atoms with E-state index in [9.17, 15) is 4.79 Å². The van der Waals surface area contributed by atoms with Crippen molar-refractivity contribution in [2.45, 2.75) is 45.8 Å². The van der Waals surface area contributed by atoms with Crippen molar-refractivity contribution in [3.8, 4) is 22.8 Å². The number of aryl methyl sites for hydroxylation is 1. The molecular formula is C31H33N3O3. The summed E-state index contributed by atoms with van der Waals surface area (Å²) in [6, 6.07) is 24.0. The van der Waals surface area contributed by atoms with Crippen LogP contribution in [0, 0.1) is 6.92 Å². The molecule has 1 aliphatic rings. The Kier molecular flexibility index (Phi) is 7.26. The Morgan fingerprint density at radius 2 is 1.76 bits per heavy atom. The molecule has 0 saturated heterocycles. The summed E-state index contributed by atoms with van der Waals surface area (Å²) in [6.45, 7) is 5.37. The predicted octanol–water partition coefficient (Wildman–Crippen LogP) is 6.71. The van der Waals surface area contributed by atoms with Crippen molar-refractivity contribution in [2.75, 3.05) is 13.7 Å². The molecule has 0 aliphatic carbocycles. The zero-order valence-electron chi connectivity index (χ0n) is 21.7. The van der Waals surface area contributed by atoms with Crippen LogP contribution in [-0.4, -0.2) is 34.7 Å². The zero-order chi connectivity index (χ0) is 25.8. The molecule has 1 N–H and O–H groups in total. The highest BCUT2D eigenvalue weighted by atomic mass is 16.5. The quantitative estimate of drug-likeness (QED) is 0.248. The number of hydrogen-bond acceptors (Lipinski definition) is 4. The van der Waals surface area contributed by atoms with Crippen LogP contribution in [0.4, 0.5) is 0 Å². The molecule has 5 rings (SSSR count). The summed E-state index contributed by atoms with van der Waals surface area (Å²) < 4.78 is 11.8. The molecule has 2 heterocycles. The topological polar surface area (TPSA) is 67.5 Å². The minimum absolute atomic E-state index is 0.00895. The van der Waals surface area contributed by atoms with Crippen LogP contribution in [0.25, 0.3) is 11.3 Å².